The maximum absolute atomic E-state index is 6.01. The first-order chi connectivity index (χ1) is 11.7. The van der Waals surface area contributed by atoms with Gasteiger partial charge in [0, 0.05) is 20.4 Å². The van der Waals surface area contributed by atoms with Crippen molar-refractivity contribution in [3.05, 3.63) is 69.7 Å². The van der Waals surface area contributed by atoms with Crippen LogP contribution in [0.25, 0.3) is 21.3 Å². The molecule has 0 radical (unpaired) electrons. The molecular weight excluding hydrogens is 406 g/mol. The van der Waals surface area contributed by atoms with Crippen molar-refractivity contribution < 1.29 is 0 Å². The van der Waals surface area contributed by atoms with Crippen LogP contribution in [0.3, 0.4) is 0 Å². The second-order valence-electron chi connectivity index (χ2n) is 5.16. The molecule has 0 amide bonds. The fraction of sp³-hybridized carbons (Fsp3) is 0. The molecule has 0 unspecified atom stereocenters. The summed E-state index contributed by atoms with van der Waals surface area (Å²) in [4.78, 5) is 9.80. The average Bonchev–Trinajstić information content (AvgIpc) is 3.03. The number of nitrogens with zero attached hydrogens (tertiary/aromatic N) is 2. The third kappa shape index (κ3) is 2.90. The molecule has 0 aliphatic carbocycles. The highest BCUT2D eigenvalue weighted by molar-refractivity contribution is 9.10. The van der Waals surface area contributed by atoms with Gasteiger partial charge in [-0.3, -0.25) is 0 Å². The molecule has 24 heavy (non-hydrogen) atoms. The number of para-hydroxylation sites is 1. The number of hydrogen-bond acceptors (Lipinski definition) is 4. The maximum Gasteiger partial charge on any atom is 0.143 e. The van der Waals surface area contributed by atoms with Crippen molar-refractivity contribution in [2.45, 2.75) is 0 Å². The second kappa shape index (κ2) is 6.51. The smallest absolute Gasteiger partial charge is 0.143 e. The molecule has 0 aliphatic rings. The van der Waals surface area contributed by atoms with Gasteiger partial charge in [0.15, 0.2) is 0 Å². The number of anilines is 2. The zero-order chi connectivity index (χ0) is 16.5. The fourth-order valence-electron chi connectivity index (χ4n) is 2.50. The Morgan fingerprint density at radius 1 is 1.00 bits per heavy atom. The average molecular weight is 417 g/mol. The maximum atomic E-state index is 6.01. The number of fused-ring (bicyclic) bond motifs is 1. The number of aromatic nitrogens is 2. The first-order valence-corrected chi connectivity index (χ1v) is 9.27. The van der Waals surface area contributed by atoms with Gasteiger partial charge in [-0.05, 0) is 45.8 Å². The monoisotopic (exact) mass is 415 g/mol. The largest absolute Gasteiger partial charge is 0.339 e. The Morgan fingerprint density at radius 3 is 2.58 bits per heavy atom. The molecule has 0 atom stereocenters. The van der Waals surface area contributed by atoms with Crippen LogP contribution in [0.15, 0.2) is 64.7 Å². The molecule has 0 aliphatic heterocycles. The summed E-state index contributed by atoms with van der Waals surface area (Å²) in [5.41, 5.74) is 3.16. The number of hydrogen-bond donors (Lipinski definition) is 1. The molecule has 4 rings (SSSR count). The van der Waals surface area contributed by atoms with Crippen LogP contribution < -0.4 is 5.32 Å². The molecule has 0 saturated carbocycles. The van der Waals surface area contributed by atoms with Gasteiger partial charge in [-0.1, -0.05) is 35.9 Å². The van der Waals surface area contributed by atoms with E-state index >= 15 is 0 Å². The molecule has 6 heteroatoms. The Hall–Kier alpha value is -1.95. The summed E-state index contributed by atoms with van der Waals surface area (Å²) in [6, 6.07) is 15.8. The van der Waals surface area contributed by atoms with Crippen LogP contribution in [0.2, 0.25) is 5.02 Å². The van der Waals surface area contributed by atoms with Crippen molar-refractivity contribution >= 4 is 60.6 Å². The van der Waals surface area contributed by atoms with Crippen molar-refractivity contribution in [3.63, 3.8) is 0 Å². The van der Waals surface area contributed by atoms with E-state index in [-0.39, 0.29) is 0 Å². The topological polar surface area (TPSA) is 37.8 Å². The quantitative estimate of drug-likeness (QED) is 0.413. The van der Waals surface area contributed by atoms with Crippen molar-refractivity contribution in [1.29, 1.82) is 0 Å². The van der Waals surface area contributed by atoms with Crippen LogP contribution >= 0.6 is 38.9 Å². The summed E-state index contributed by atoms with van der Waals surface area (Å²) >= 11 is 11.2. The Morgan fingerprint density at radius 2 is 1.79 bits per heavy atom. The van der Waals surface area contributed by atoms with Crippen molar-refractivity contribution in [1.82, 2.24) is 9.97 Å². The lowest BCUT2D eigenvalue weighted by Crippen LogP contribution is -1.96. The van der Waals surface area contributed by atoms with E-state index in [0.29, 0.717) is 0 Å². The highest BCUT2D eigenvalue weighted by Crippen LogP contribution is 2.38. The molecule has 0 fully saturated rings. The molecular formula is C18H11BrClN3S. The van der Waals surface area contributed by atoms with Gasteiger partial charge in [-0.15, -0.1) is 11.3 Å². The van der Waals surface area contributed by atoms with E-state index in [4.69, 9.17) is 11.6 Å². The van der Waals surface area contributed by atoms with E-state index in [1.807, 2.05) is 48.5 Å². The van der Waals surface area contributed by atoms with E-state index in [1.54, 1.807) is 17.7 Å². The molecule has 0 saturated heterocycles. The SMILES string of the molecule is Clc1ccc(-c2csc3ncnc(Nc4ccccc4Br)c23)cc1. The Balaban J connectivity index is 1.86. The molecule has 1 N–H and O–H groups in total. The van der Waals surface area contributed by atoms with E-state index in [2.05, 4.69) is 36.6 Å². The van der Waals surface area contributed by atoms with Gasteiger partial charge in [-0.25, -0.2) is 9.97 Å². The minimum atomic E-state index is 0.723. The van der Waals surface area contributed by atoms with E-state index in [1.165, 1.54) is 0 Å². The predicted octanol–water partition coefficient (Wildman–Crippen LogP) is 6.52. The first kappa shape index (κ1) is 15.6. The van der Waals surface area contributed by atoms with Gasteiger partial charge >= 0.3 is 0 Å². The predicted molar refractivity (Wildman–Crippen MR) is 105 cm³/mol. The van der Waals surface area contributed by atoms with Crippen molar-refractivity contribution in [3.8, 4) is 11.1 Å². The van der Waals surface area contributed by atoms with Crippen LogP contribution in [0.4, 0.5) is 11.5 Å². The summed E-state index contributed by atoms with van der Waals surface area (Å²) < 4.78 is 0.986. The first-order valence-electron chi connectivity index (χ1n) is 7.22. The summed E-state index contributed by atoms with van der Waals surface area (Å²) in [7, 11) is 0. The second-order valence-corrected chi connectivity index (χ2v) is 7.31. The van der Waals surface area contributed by atoms with Crippen LogP contribution in [0, 0.1) is 0 Å². The lowest BCUT2D eigenvalue weighted by atomic mass is 10.1. The standard InChI is InChI=1S/C18H11BrClN3S/c19-14-3-1-2-4-15(14)23-17-16-13(9-24-18(16)22-10-21-17)11-5-7-12(20)8-6-11/h1-10H,(H,21,22,23). The summed E-state index contributed by atoms with van der Waals surface area (Å²) in [6.07, 6.45) is 1.59. The van der Waals surface area contributed by atoms with Crippen LogP contribution in [0.1, 0.15) is 0 Å². The number of rotatable bonds is 3. The third-order valence-electron chi connectivity index (χ3n) is 3.65. The molecule has 2 aromatic heterocycles. The van der Waals surface area contributed by atoms with Crippen LogP contribution in [-0.4, -0.2) is 9.97 Å². The Bertz CT molecular complexity index is 1010. The highest BCUT2D eigenvalue weighted by atomic mass is 79.9. The summed E-state index contributed by atoms with van der Waals surface area (Å²) in [6.45, 7) is 0. The minimum absolute atomic E-state index is 0.723. The molecule has 2 aromatic carbocycles. The van der Waals surface area contributed by atoms with Crippen LogP contribution in [0.5, 0.6) is 0 Å². The summed E-state index contributed by atoms with van der Waals surface area (Å²) in [5.74, 6) is 0.790. The van der Waals surface area contributed by atoms with E-state index in [9.17, 15) is 0 Å². The van der Waals surface area contributed by atoms with Crippen molar-refractivity contribution in [2.24, 2.45) is 0 Å². The minimum Gasteiger partial charge on any atom is -0.339 e. The molecule has 3 nitrogen and oxygen atoms in total. The van der Waals surface area contributed by atoms with Gasteiger partial charge in [0.05, 0.1) is 11.1 Å². The number of halogens is 2. The van der Waals surface area contributed by atoms with Gasteiger partial charge in [0.1, 0.15) is 17.0 Å². The lowest BCUT2D eigenvalue weighted by Gasteiger charge is -2.10. The number of thiophene rings is 1. The van der Waals surface area contributed by atoms with Gasteiger partial charge in [0.2, 0.25) is 0 Å². The zero-order valence-electron chi connectivity index (χ0n) is 12.3. The fourth-order valence-corrected chi connectivity index (χ4v) is 3.93. The Labute approximate surface area is 156 Å². The van der Waals surface area contributed by atoms with E-state index < -0.39 is 0 Å². The van der Waals surface area contributed by atoms with E-state index in [0.717, 1.165) is 42.3 Å². The molecule has 2 heterocycles. The summed E-state index contributed by atoms with van der Waals surface area (Å²) in [5, 5.41) is 7.25. The number of benzene rings is 2. The highest BCUT2D eigenvalue weighted by Gasteiger charge is 2.14. The van der Waals surface area contributed by atoms with Gasteiger partial charge < -0.3 is 5.32 Å². The lowest BCUT2D eigenvalue weighted by molar-refractivity contribution is 1.23. The van der Waals surface area contributed by atoms with Gasteiger partial charge in [-0.2, -0.15) is 0 Å². The molecule has 0 spiro atoms. The normalized spacial score (nSPS) is 10.9. The van der Waals surface area contributed by atoms with Crippen LogP contribution in [-0.2, 0) is 0 Å². The third-order valence-corrected chi connectivity index (χ3v) is 5.48. The molecule has 118 valence electrons. The number of nitrogens with one attached hydrogen (secondary N) is 1. The van der Waals surface area contributed by atoms with Crippen molar-refractivity contribution in [2.75, 3.05) is 5.32 Å². The Kier molecular flexibility index (Phi) is 4.22. The van der Waals surface area contributed by atoms with Gasteiger partial charge in [0.25, 0.3) is 0 Å². The molecule has 0 bridgehead atoms. The zero-order valence-corrected chi connectivity index (χ0v) is 15.5. The molecule has 4 aromatic rings.